The Bertz CT molecular complexity index is 2380. The molecule has 0 saturated carbocycles. The number of rotatable bonds is 4. The van der Waals surface area contributed by atoms with E-state index >= 15 is 0 Å². The minimum absolute atomic E-state index is 0.539. The summed E-state index contributed by atoms with van der Waals surface area (Å²) in [6.07, 6.45) is 0. The quantitative estimate of drug-likeness (QED) is 0.222. The number of aromatic nitrogens is 7. The fraction of sp³-hybridized carbons (Fsp3) is 0. The Labute approximate surface area is 246 Å². The molecule has 9 aromatic rings. The average molecular weight is 554 g/mol. The molecule has 0 saturated heterocycles. The van der Waals surface area contributed by atoms with Crippen molar-refractivity contribution in [3.63, 3.8) is 0 Å². The first-order valence-corrected chi connectivity index (χ1v) is 14.2. The van der Waals surface area contributed by atoms with Crippen molar-refractivity contribution in [3.8, 4) is 34.4 Å². The van der Waals surface area contributed by atoms with E-state index in [2.05, 4.69) is 80.3 Å². The summed E-state index contributed by atoms with van der Waals surface area (Å²) in [5.74, 6) is 2.60. The molecule has 0 aliphatic carbocycles. The van der Waals surface area contributed by atoms with Gasteiger partial charge in [-0.3, -0.25) is 13.5 Å². The summed E-state index contributed by atoms with van der Waals surface area (Å²) in [5, 5.41) is 1.04. The van der Waals surface area contributed by atoms with Crippen molar-refractivity contribution < 1.29 is 0 Å². The van der Waals surface area contributed by atoms with Crippen molar-refractivity contribution in [2.45, 2.75) is 0 Å². The first-order chi connectivity index (χ1) is 21.3. The Morgan fingerprint density at radius 2 is 0.953 bits per heavy atom. The number of imidazole rings is 2. The maximum atomic E-state index is 5.30. The summed E-state index contributed by atoms with van der Waals surface area (Å²) < 4.78 is 6.57. The molecule has 0 bridgehead atoms. The van der Waals surface area contributed by atoms with Crippen molar-refractivity contribution in [2.75, 3.05) is 0 Å². The molecule has 7 heteroatoms. The predicted molar refractivity (Wildman–Crippen MR) is 171 cm³/mol. The van der Waals surface area contributed by atoms with Crippen LogP contribution in [0.5, 0.6) is 0 Å². The number of nitrogens with zero attached hydrogens (tertiary/aromatic N) is 7. The van der Waals surface area contributed by atoms with Crippen LogP contribution in [-0.2, 0) is 0 Å². The van der Waals surface area contributed by atoms with Crippen molar-refractivity contribution >= 4 is 38.9 Å². The zero-order valence-corrected chi connectivity index (χ0v) is 22.9. The molecular weight excluding hydrogens is 530 g/mol. The summed E-state index contributed by atoms with van der Waals surface area (Å²) in [6, 6.07) is 47.2. The number of para-hydroxylation sites is 4. The molecule has 43 heavy (non-hydrogen) atoms. The van der Waals surface area contributed by atoms with Gasteiger partial charge in [-0.15, -0.1) is 0 Å². The van der Waals surface area contributed by atoms with Crippen LogP contribution in [-0.4, -0.2) is 33.5 Å². The highest BCUT2D eigenvalue weighted by Gasteiger charge is 2.25. The second-order valence-corrected chi connectivity index (χ2v) is 10.4. The van der Waals surface area contributed by atoms with E-state index in [4.69, 9.17) is 19.9 Å². The van der Waals surface area contributed by atoms with Crippen molar-refractivity contribution in [3.05, 3.63) is 140 Å². The van der Waals surface area contributed by atoms with Gasteiger partial charge in [0.2, 0.25) is 11.7 Å². The van der Waals surface area contributed by atoms with E-state index in [9.17, 15) is 0 Å². The van der Waals surface area contributed by atoms with Crippen LogP contribution in [0.25, 0.3) is 73.3 Å². The normalized spacial score (nSPS) is 11.7. The Hall–Kier alpha value is -6.08. The maximum Gasteiger partial charge on any atom is 0.240 e. The second kappa shape index (κ2) is 9.22. The van der Waals surface area contributed by atoms with E-state index in [0.29, 0.717) is 17.6 Å². The Kier molecular flexibility index (Phi) is 5.06. The fourth-order valence-electron chi connectivity index (χ4n) is 6.02. The summed E-state index contributed by atoms with van der Waals surface area (Å²) in [4.78, 5) is 20.4. The molecule has 7 nitrogen and oxygen atoms in total. The molecule has 0 fully saturated rings. The lowest BCUT2D eigenvalue weighted by Crippen LogP contribution is -2.07. The van der Waals surface area contributed by atoms with E-state index in [1.807, 2.05) is 72.8 Å². The lowest BCUT2D eigenvalue weighted by atomic mass is 10.2. The fourth-order valence-corrected chi connectivity index (χ4v) is 6.02. The topological polar surface area (TPSA) is 65.8 Å². The van der Waals surface area contributed by atoms with Gasteiger partial charge in [-0.1, -0.05) is 109 Å². The van der Waals surface area contributed by atoms with Crippen molar-refractivity contribution in [1.29, 1.82) is 0 Å². The molecule has 0 N–H and O–H groups in total. The number of fused-ring (bicyclic) bond motifs is 7. The van der Waals surface area contributed by atoms with E-state index in [1.54, 1.807) is 0 Å². The molecule has 9 rings (SSSR count). The van der Waals surface area contributed by atoms with E-state index in [1.165, 1.54) is 0 Å². The standard InChI is InChI=1S/C36H23N7/c1-4-14-24(15-5-1)32-38-33(25-16-6-2-7-17-25)40-35(39-32)42-28-21-11-10-20-27(28)31-34(42)43-30-23-13-12-22-29(30)41(36(43)37-31)26-18-8-3-9-19-26/h1-23H. The van der Waals surface area contributed by atoms with Gasteiger partial charge >= 0.3 is 0 Å². The number of hydrogen-bond acceptors (Lipinski definition) is 4. The summed E-state index contributed by atoms with van der Waals surface area (Å²) in [7, 11) is 0. The lowest BCUT2D eigenvalue weighted by Gasteiger charge is -2.10. The minimum atomic E-state index is 0.539. The lowest BCUT2D eigenvalue weighted by molar-refractivity contribution is 0.940. The van der Waals surface area contributed by atoms with Crippen LogP contribution in [0.1, 0.15) is 0 Å². The van der Waals surface area contributed by atoms with Gasteiger partial charge in [0.1, 0.15) is 5.52 Å². The second-order valence-electron chi connectivity index (χ2n) is 10.4. The van der Waals surface area contributed by atoms with Gasteiger partial charge in [-0.05, 0) is 30.3 Å². The molecule has 0 radical (unpaired) electrons. The highest BCUT2D eigenvalue weighted by Crippen LogP contribution is 2.36. The molecule has 202 valence electrons. The van der Waals surface area contributed by atoms with Gasteiger partial charge in [0.15, 0.2) is 17.3 Å². The molecule has 4 heterocycles. The summed E-state index contributed by atoms with van der Waals surface area (Å²) >= 11 is 0. The Balaban J connectivity index is 1.44. The first-order valence-electron chi connectivity index (χ1n) is 14.2. The largest absolute Gasteiger partial charge is 0.278 e. The number of benzene rings is 5. The monoisotopic (exact) mass is 553 g/mol. The van der Waals surface area contributed by atoms with Crippen LogP contribution < -0.4 is 0 Å². The van der Waals surface area contributed by atoms with Crippen LogP contribution in [0, 0.1) is 0 Å². The smallest absolute Gasteiger partial charge is 0.240 e. The maximum absolute atomic E-state index is 5.30. The highest BCUT2D eigenvalue weighted by atomic mass is 15.3. The third-order valence-corrected chi connectivity index (χ3v) is 7.91. The third-order valence-electron chi connectivity index (χ3n) is 7.91. The van der Waals surface area contributed by atoms with Gasteiger partial charge < -0.3 is 0 Å². The molecule has 5 aromatic carbocycles. The van der Waals surface area contributed by atoms with Crippen LogP contribution in [0.15, 0.2) is 140 Å². The Morgan fingerprint density at radius 1 is 0.419 bits per heavy atom. The molecule has 0 unspecified atom stereocenters. The van der Waals surface area contributed by atoms with Gasteiger partial charge in [0.05, 0.1) is 16.6 Å². The molecule has 0 spiro atoms. The zero-order valence-electron chi connectivity index (χ0n) is 22.9. The molecule has 0 atom stereocenters. The van der Waals surface area contributed by atoms with Gasteiger partial charge in [0.25, 0.3) is 0 Å². The highest BCUT2D eigenvalue weighted by molar-refractivity contribution is 6.08. The first kappa shape index (κ1) is 23.6. The number of hydrogen-bond donors (Lipinski definition) is 0. The molecule has 0 aliphatic heterocycles. The predicted octanol–water partition coefficient (Wildman–Crippen LogP) is 7.89. The molecule has 4 aromatic heterocycles. The summed E-state index contributed by atoms with van der Waals surface area (Å²) in [6.45, 7) is 0. The van der Waals surface area contributed by atoms with Crippen LogP contribution in [0.3, 0.4) is 0 Å². The average Bonchev–Trinajstić information content (AvgIpc) is 3.71. The van der Waals surface area contributed by atoms with Crippen LogP contribution in [0.2, 0.25) is 0 Å². The van der Waals surface area contributed by atoms with E-state index in [0.717, 1.165) is 55.7 Å². The summed E-state index contributed by atoms with van der Waals surface area (Å²) in [5.41, 5.74) is 7.81. The van der Waals surface area contributed by atoms with Crippen LogP contribution >= 0.6 is 0 Å². The van der Waals surface area contributed by atoms with E-state index < -0.39 is 0 Å². The molecule has 0 amide bonds. The van der Waals surface area contributed by atoms with Crippen LogP contribution in [0.4, 0.5) is 0 Å². The minimum Gasteiger partial charge on any atom is -0.278 e. The van der Waals surface area contributed by atoms with Gasteiger partial charge in [0, 0.05) is 22.2 Å². The van der Waals surface area contributed by atoms with Crippen molar-refractivity contribution in [1.82, 2.24) is 33.5 Å². The van der Waals surface area contributed by atoms with E-state index in [-0.39, 0.29) is 0 Å². The van der Waals surface area contributed by atoms with Crippen molar-refractivity contribution in [2.24, 2.45) is 0 Å². The van der Waals surface area contributed by atoms with Gasteiger partial charge in [-0.2, -0.15) is 9.97 Å². The zero-order chi connectivity index (χ0) is 28.3. The molecular formula is C36H23N7. The molecule has 0 aliphatic rings. The third kappa shape index (κ3) is 3.55. The SMILES string of the molecule is c1ccc(-c2nc(-c3ccccc3)nc(-n3c4ccccc4c4nc5n(-c6ccccc6)c6ccccc6n5c43)n2)cc1. The van der Waals surface area contributed by atoms with Gasteiger partial charge in [-0.25, -0.2) is 9.97 Å². The Morgan fingerprint density at radius 3 is 1.60 bits per heavy atom.